The van der Waals surface area contributed by atoms with Crippen LogP contribution in [0.4, 0.5) is 5.69 Å². The minimum Gasteiger partial charge on any atom is -0.280 e. The summed E-state index contributed by atoms with van der Waals surface area (Å²) in [6.07, 6.45) is 4.30. The molecule has 0 amide bonds. The number of anilines is 1. The smallest absolute Gasteiger partial charge is 0.261 e. The number of hydrogen-bond acceptors (Lipinski definition) is 4. The van der Waals surface area contributed by atoms with E-state index in [-0.39, 0.29) is 0 Å². The van der Waals surface area contributed by atoms with Crippen molar-refractivity contribution in [2.75, 3.05) is 4.72 Å². The molecule has 6 heteroatoms. The van der Waals surface area contributed by atoms with Gasteiger partial charge in [-0.05, 0) is 68.0 Å². The van der Waals surface area contributed by atoms with Gasteiger partial charge in [0.25, 0.3) is 10.0 Å². The fourth-order valence-electron chi connectivity index (χ4n) is 3.33. The molecular weight excluding hydrogens is 364 g/mol. The second-order valence-electron chi connectivity index (χ2n) is 6.58. The molecule has 26 heavy (non-hydrogen) atoms. The molecule has 3 aromatic rings. The molecule has 0 fully saturated rings. The topological polar surface area (TPSA) is 59.1 Å². The molecule has 2 aromatic carbocycles. The van der Waals surface area contributed by atoms with Gasteiger partial charge in [-0.3, -0.25) is 4.72 Å². The predicted octanol–water partition coefficient (Wildman–Crippen LogP) is 4.80. The summed E-state index contributed by atoms with van der Waals surface area (Å²) in [5.74, 6) is 0. The summed E-state index contributed by atoms with van der Waals surface area (Å²) in [6, 6.07) is 12.9. The average Bonchev–Trinajstić information content (AvgIpc) is 3.08. The first kappa shape index (κ1) is 17.2. The van der Waals surface area contributed by atoms with Crippen LogP contribution < -0.4 is 4.72 Å². The molecule has 1 N–H and O–H groups in total. The molecular formula is C20H20N2O2S2. The molecule has 0 unspecified atom stereocenters. The molecule has 0 aliphatic heterocycles. The Kier molecular flexibility index (Phi) is 4.54. The fraction of sp³-hybridized carbons (Fsp3) is 0.250. The molecule has 0 bridgehead atoms. The second-order valence-corrected chi connectivity index (χ2v) is 9.32. The van der Waals surface area contributed by atoms with Crippen molar-refractivity contribution in [2.45, 2.75) is 37.5 Å². The number of aromatic nitrogens is 1. The van der Waals surface area contributed by atoms with Crippen molar-refractivity contribution in [1.82, 2.24) is 4.98 Å². The molecule has 0 atom stereocenters. The minimum absolute atomic E-state index is 0.327. The highest BCUT2D eigenvalue weighted by Crippen LogP contribution is 2.27. The number of fused-ring (bicyclic) bond motifs is 1. The molecule has 1 aliphatic rings. The van der Waals surface area contributed by atoms with Crippen LogP contribution >= 0.6 is 11.3 Å². The van der Waals surface area contributed by atoms with E-state index in [1.54, 1.807) is 23.5 Å². The summed E-state index contributed by atoms with van der Waals surface area (Å²) < 4.78 is 28.3. The Morgan fingerprint density at radius 2 is 1.85 bits per heavy atom. The first-order chi connectivity index (χ1) is 12.5. The van der Waals surface area contributed by atoms with E-state index in [0.717, 1.165) is 41.1 Å². The number of benzene rings is 2. The highest BCUT2D eigenvalue weighted by Gasteiger charge is 2.18. The first-order valence-electron chi connectivity index (χ1n) is 8.68. The number of thiazole rings is 1. The van der Waals surface area contributed by atoms with Crippen molar-refractivity contribution in [3.8, 4) is 11.3 Å². The van der Waals surface area contributed by atoms with Gasteiger partial charge >= 0.3 is 0 Å². The van der Waals surface area contributed by atoms with Gasteiger partial charge in [-0.2, -0.15) is 0 Å². The van der Waals surface area contributed by atoms with Gasteiger partial charge in [-0.15, -0.1) is 11.3 Å². The zero-order valence-corrected chi connectivity index (χ0v) is 16.2. The molecule has 4 rings (SSSR count). The van der Waals surface area contributed by atoms with Crippen LogP contribution in [0, 0.1) is 6.92 Å². The van der Waals surface area contributed by atoms with E-state index in [9.17, 15) is 8.42 Å². The lowest BCUT2D eigenvalue weighted by atomic mass is 9.92. The van der Waals surface area contributed by atoms with E-state index in [2.05, 4.69) is 9.71 Å². The van der Waals surface area contributed by atoms with Gasteiger partial charge in [-0.1, -0.05) is 18.2 Å². The molecule has 1 aliphatic carbocycles. The largest absolute Gasteiger partial charge is 0.280 e. The van der Waals surface area contributed by atoms with Crippen LogP contribution in [0.1, 0.15) is 29.0 Å². The molecule has 1 aromatic heterocycles. The number of rotatable bonds is 4. The maximum Gasteiger partial charge on any atom is 0.261 e. The maximum atomic E-state index is 12.8. The summed E-state index contributed by atoms with van der Waals surface area (Å²) in [6.45, 7) is 1.96. The minimum atomic E-state index is -3.61. The van der Waals surface area contributed by atoms with Crippen molar-refractivity contribution in [3.05, 3.63) is 64.0 Å². The normalized spacial score (nSPS) is 14.0. The van der Waals surface area contributed by atoms with Crippen molar-refractivity contribution >= 4 is 27.0 Å². The Balaban J connectivity index is 1.62. The Morgan fingerprint density at radius 3 is 2.62 bits per heavy atom. The monoisotopic (exact) mass is 384 g/mol. The van der Waals surface area contributed by atoms with Gasteiger partial charge in [0.05, 0.1) is 15.6 Å². The highest BCUT2D eigenvalue weighted by atomic mass is 32.2. The lowest BCUT2D eigenvalue weighted by Crippen LogP contribution is -2.14. The van der Waals surface area contributed by atoms with Crippen LogP contribution in [0.3, 0.4) is 0 Å². The third kappa shape index (κ3) is 3.52. The maximum absolute atomic E-state index is 12.8. The summed E-state index contributed by atoms with van der Waals surface area (Å²) in [7, 11) is -3.61. The Hall–Kier alpha value is -2.18. The highest BCUT2D eigenvalue weighted by molar-refractivity contribution is 7.92. The van der Waals surface area contributed by atoms with Crippen molar-refractivity contribution < 1.29 is 8.42 Å². The van der Waals surface area contributed by atoms with E-state index in [1.165, 1.54) is 12.0 Å². The van der Waals surface area contributed by atoms with Crippen LogP contribution in [0.5, 0.6) is 0 Å². The van der Waals surface area contributed by atoms with Crippen molar-refractivity contribution in [2.24, 2.45) is 0 Å². The second kappa shape index (κ2) is 6.85. The molecule has 0 saturated carbocycles. The zero-order chi connectivity index (χ0) is 18.1. The van der Waals surface area contributed by atoms with Crippen LogP contribution in [0.2, 0.25) is 0 Å². The lowest BCUT2D eigenvalue weighted by molar-refractivity contribution is 0.600. The van der Waals surface area contributed by atoms with E-state index < -0.39 is 10.0 Å². The number of hydrogen-bond donors (Lipinski definition) is 1. The third-order valence-electron chi connectivity index (χ3n) is 4.66. The third-order valence-corrected chi connectivity index (χ3v) is 6.81. The SMILES string of the molecule is Cc1nc(-c2cccc(NS(=O)(=O)c3ccc4c(c3)CCCC4)c2)cs1. The first-order valence-corrected chi connectivity index (χ1v) is 11.0. The Bertz CT molecular complexity index is 1060. The van der Waals surface area contributed by atoms with Crippen LogP contribution in [0.25, 0.3) is 11.3 Å². The van der Waals surface area contributed by atoms with Crippen LogP contribution in [-0.2, 0) is 22.9 Å². The van der Waals surface area contributed by atoms with Gasteiger partial charge in [0, 0.05) is 16.6 Å². The van der Waals surface area contributed by atoms with E-state index in [4.69, 9.17) is 0 Å². The summed E-state index contributed by atoms with van der Waals surface area (Å²) >= 11 is 1.58. The predicted molar refractivity (Wildman–Crippen MR) is 106 cm³/mol. The zero-order valence-electron chi connectivity index (χ0n) is 14.5. The van der Waals surface area contributed by atoms with Crippen molar-refractivity contribution in [1.29, 1.82) is 0 Å². The molecule has 134 valence electrons. The van der Waals surface area contributed by atoms with E-state index in [0.29, 0.717) is 10.6 Å². The summed E-state index contributed by atoms with van der Waals surface area (Å²) in [5, 5.41) is 2.96. The van der Waals surface area contributed by atoms with Gasteiger partial charge < -0.3 is 0 Å². The van der Waals surface area contributed by atoms with Gasteiger partial charge in [-0.25, -0.2) is 13.4 Å². The van der Waals surface area contributed by atoms with Crippen LogP contribution in [-0.4, -0.2) is 13.4 Å². The average molecular weight is 385 g/mol. The van der Waals surface area contributed by atoms with Gasteiger partial charge in [0.1, 0.15) is 0 Å². The van der Waals surface area contributed by atoms with Gasteiger partial charge in [0.2, 0.25) is 0 Å². The summed E-state index contributed by atoms with van der Waals surface area (Å²) in [4.78, 5) is 4.79. The standard InChI is InChI=1S/C20H20N2O2S2/c1-14-21-20(13-25-14)17-7-4-8-18(11-17)22-26(23,24)19-10-9-15-5-2-3-6-16(15)12-19/h4,7-13,22H,2-3,5-6H2,1H3. The molecule has 0 spiro atoms. The number of nitrogens with zero attached hydrogens (tertiary/aromatic N) is 1. The molecule has 1 heterocycles. The van der Waals surface area contributed by atoms with E-state index in [1.807, 2.05) is 42.6 Å². The fourth-order valence-corrected chi connectivity index (χ4v) is 5.05. The number of nitrogens with one attached hydrogen (secondary N) is 1. The number of sulfonamides is 1. The summed E-state index contributed by atoms with van der Waals surface area (Å²) in [5.41, 5.74) is 4.75. The van der Waals surface area contributed by atoms with Crippen molar-refractivity contribution in [3.63, 3.8) is 0 Å². The number of aryl methyl sites for hydroxylation is 3. The Labute approximate surface area is 158 Å². The van der Waals surface area contributed by atoms with E-state index >= 15 is 0 Å². The molecule has 4 nitrogen and oxygen atoms in total. The van der Waals surface area contributed by atoms with Crippen LogP contribution in [0.15, 0.2) is 52.7 Å². The quantitative estimate of drug-likeness (QED) is 0.703. The Morgan fingerprint density at radius 1 is 1.04 bits per heavy atom. The molecule has 0 radical (unpaired) electrons. The molecule has 0 saturated heterocycles. The van der Waals surface area contributed by atoms with Gasteiger partial charge in [0.15, 0.2) is 0 Å². The lowest BCUT2D eigenvalue weighted by Gasteiger charge is -2.17.